The zero-order valence-electron chi connectivity index (χ0n) is 12.3. The average Bonchev–Trinajstić information content (AvgIpc) is 2.51. The summed E-state index contributed by atoms with van der Waals surface area (Å²) in [5, 5.41) is 0.672. The molecule has 3 N–H and O–H groups in total. The van der Waals surface area contributed by atoms with Gasteiger partial charge in [0.05, 0.1) is 20.3 Å². The van der Waals surface area contributed by atoms with Crippen molar-refractivity contribution in [1.82, 2.24) is 5.43 Å². The predicted octanol–water partition coefficient (Wildman–Crippen LogP) is 3.22. The minimum Gasteiger partial charge on any atom is -0.497 e. The maximum atomic E-state index is 6.10. The Kier molecular flexibility index (Phi) is 5.07. The Labute approximate surface area is 129 Å². The normalized spacial score (nSPS) is 12.0. The maximum Gasteiger partial charge on any atom is 0.122 e. The first-order chi connectivity index (χ1) is 10.1. The van der Waals surface area contributed by atoms with Gasteiger partial charge in [0.1, 0.15) is 11.5 Å². The molecule has 5 heteroatoms. The fourth-order valence-electron chi connectivity index (χ4n) is 2.28. The molecule has 0 radical (unpaired) electrons. The molecule has 112 valence electrons. The molecule has 0 aliphatic carbocycles. The van der Waals surface area contributed by atoms with Crippen LogP contribution in [0.1, 0.15) is 22.7 Å². The monoisotopic (exact) mass is 306 g/mol. The third-order valence-electron chi connectivity index (χ3n) is 3.43. The fraction of sp³-hybridized carbons (Fsp3) is 0.250. The van der Waals surface area contributed by atoms with E-state index in [1.165, 1.54) is 0 Å². The number of methoxy groups -OCH3 is 2. The van der Waals surface area contributed by atoms with E-state index in [2.05, 4.69) is 5.43 Å². The molecular weight excluding hydrogens is 288 g/mol. The summed E-state index contributed by atoms with van der Waals surface area (Å²) in [4.78, 5) is 0. The zero-order valence-corrected chi connectivity index (χ0v) is 13.1. The summed E-state index contributed by atoms with van der Waals surface area (Å²) in [5.41, 5.74) is 5.89. The largest absolute Gasteiger partial charge is 0.497 e. The minimum absolute atomic E-state index is 0.201. The number of hydrogen-bond donors (Lipinski definition) is 2. The van der Waals surface area contributed by atoms with Crippen LogP contribution in [0.5, 0.6) is 11.5 Å². The highest BCUT2D eigenvalue weighted by Gasteiger charge is 2.17. The molecule has 0 spiro atoms. The molecule has 0 saturated heterocycles. The molecule has 0 heterocycles. The van der Waals surface area contributed by atoms with Crippen LogP contribution in [0, 0.1) is 6.92 Å². The van der Waals surface area contributed by atoms with Gasteiger partial charge in [-0.25, -0.2) is 5.43 Å². The number of aryl methyl sites for hydroxylation is 1. The van der Waals surface area contributed by atoms with E-state index in [0.29, 0.717) is 16.5 Å². The van der Waals surface area contributed by atoms with Gasteiger partial charge in [-0.05, 0) is 47.9 Å². The number of hydrazine groups is 1. The van der Waals surface area contributed by atoms with Gasteiger partial charge in [-0.2, -0.15) is 0 Å². The molecule has 0 amide bonds. The van der Waals surface area contributed by atoms with Gasteiger partial charge < -0.3 is 9.47 Å². The first-order valence-corrected chi connectivity index (χ1v) is 6.92. The van der Waals surface area contributed by atoms with Crippen molar-refractivity contribution >= 4 is 11.6 Å². The first kappa shape index (κ1) is 15.6. The van der Waals surface area contributed by atoms with Crippen LogP contribution < -0.4 is 20.7 Å². The molecule has 0 aliphatic rings. The standard InChI is InChI=1S/C16H19ClN2O2/c1-10-4-5-12(17)8-15(10)16(19-18)11-6-13(20-2)9-14(7-11)21-3/h4-9,16,19H,18H2,1-3H3. The second kappa shape index (κ2) is 6.80. The molecule has 0 fully saturated rings. The van der Waals surface area contributed by atoms with E-state index in [9.17, 15) is 0 Å². The molecule has 2 aromatic rings. The minimum atomic E-state index is -0.201. The van der Waals surface area contributed by atoms with E-state index in [1.54, 1.807) is 14.2 Å². The zero-order chi connectivity index (χ0) is 15.4. The van der Waals surface area contributed by atoms with Crippen molar-refractivity contribution < 1.29 is 9.47 Å². The lowest BCUT2D eigenvalue weighted by molar-refractivity contribution is 0.392. The summed E-state index contributed by atoms with van der Waals surface area (Å²) in [6, 6.07) is 11.2. The molecule has 0 aromatic heterocycles. The van der Waals surface area contributed by atoms with Gasteiger partial charge in [-0.1, -0.05) is 17.7 Å². The predicted molar refractivity (Wildman–Crippen MR) is 84.9 cm³/mol. The lowest BCUT2D eigenvalue weighted by atomic mass is 9.95. The van der Waals surface area contributed by atoms with Crippen molar-refractivity contribution in [1.29, 1.82) is 0 Å². The van der Waals surface area contributed by atoms with Crippen molar-refractivity contribution in [2.24, 2.45) is 5.84 Å². The van der Waals surface area contributed by atoms with Crippen LogP contribution in [-0.4, -0.2) is 14.2 Å². The summed E-state index contributed by atoms with van der Waals surface area (Å²) in [6.45, 7) is 2.02. The molecule has 0 saturated carbocycles. The highest BCUT2D eigenvalue weighted by Crippen LogP contribution is 2.32. The second-order valence-electron chi connectivity index (χ2n) is 4.75. The number of halogens is 1. The summed E-state index contributed by atoms with van der Waals surface area (Å²) in [5.74, 6) is 7.19. The Balaban J connectivity index is 2.52. The third-order valence-corrected chi connectivity index (χ3v) is 3.66. The highest BCUT2D eigenvalue weighted by atomic mass is 35.5. The molecule has 1 unspecified atom stereocenters. The van der Waals surface area contributed by atoms with Gasteiger partial charge in [-0.3, -0.25) is 5.84 Å². The van der Waals surface area contributed by atoms with E-state index in [0.717, 1.165) is 16.7 Å². The molecule has 4 nitrogen and oxygen atoms in total. The van der Waals surface area contributed by atoms with E-state index in [1.807, 2.05) is 43.3 Å². The van der Waals surface area contributed by atoms with Crippen LogP contribution in [0.15, 0.2) is 36.4 Å². The quantitative estimate of drug-likeness (QED) is 0.658. The fourth-order valence-corrected chi connectivity index (χ4v) is 2.46. The summed E-state index contributed by atoms with van der Waals surface area (Å²) < 4.78 is 10.6. The van der Waals surface area contributed by atoms with Gasteiger partial charge in [0.25, 0.3) is 0 Å². The first-order valence-electron chi connectivity index (χ1n) is 6.54. The topological polar surface area (TPSA) is 56.5 Å². The van der Waals surface area contributed by atoms with E-state index in [-0.39, 0.29) is 6.04 Å². The summed E-state index contributed by atoms with van der Waals surface area (Å²) >= 11 is 6.10. The van der Waals surface area contributed by atoms with Crippen molar-refractivity contribution in [3.8, 4) is 11.5 Å². The maximum absolute atomic E-state index is 6.10. The molecule has 2 rings (SSSR count). The third kappa shape index (κ3) is 3.47. The van der Waals surface area contributed by atoms with Gasteiger partial charge in [0.2, 0.25) is 0 Å². The van der Waals surface area contributed by atoms with Crippen molar-refractivity contribution in [3.05, 3.63) is 58.1 Å². The molecule has 0 aliphatic heterocycles. The van der Waals surface area contributed by atoms with Crippen LogP contribution in [0.2, 0.25) is 5.02 Å². The lowest BCUT2D eigenvalue weighted by Crippen LogP contribution is -2.29. The Bertz CT molecular complexity index is 609. The van der Waals surface area contributed by atoms with Gasteiger partial charge in [-0.15, -0.1) is 0 Å². The van der Waals surface area contributed by atoms with Gasteiger partial charge in [0, 0.05) is 11.1 Å². The van der Waals surface area contributed by atoms with Gasteiger partial charge >= 0.3 is 0 Å². The van der Waals surface area contributed by atoms with Crippen molar-refractivity contribution in [2.45, 2.75) is 13.0 Å². The van der Waals surface area contributed by atoms with Crippen LogP contribution >= 0.6 is 11.6 Å². The highest BCUT2D eigenvalue weighted by molar-refractivity contribution is 6.30. The van der Waals surface area contributed by atoms with E-state index < -0.39 is 0 Å². The molecule has 0 bridgehead atoms. The number of nitrogens with two attached hydrogens (primary N) is 1. The molecule has 21 heavy (non-hydrogen) atoms. The van der Waals surface area contributed by atoms with Crippen LogP contribution in [0.3, 0.4) is 0 Å². The molecular formula is C16H19ClN2O2. The van der Waals surface area contributed by atoms with Crippen LogP contribution in [0.25, 0.3) is 0 Å². The summed E-state index contributed by atoms with van der Waals surface area (Å²) in [6.07, 6.45) is 0. The van der Waals surface area contributed by atoms with Gasteiger partial charge in [0.15, 0.2) is 0 Å². The van der Waals surface area contributed by atoms with E-state index >= 15 is 0 Å². The van der Waals surface area contributed by atoms with Crippen molar-refractivity contribution in [2.75, 3.05) is 14.2 Å². The smallest absolute Gasteiger partial charge is 0.122 e. The molecule has 2 aromatic carbocycles. The second-order valence-corrected chi connectivity index (χ2v) is 5.18. The Morgan fingerprint density at radius 2 is 1.67 bits per heavy atom. The number of rotatable bonds is 5. The van der Waals surface area contributed by atoms with Crippen LogP contribution in [-0.2, 0) is 0 Å². The number of ether oxygens (including phenoxy) is 2. The molecule has 1 atom stereocenters. The Morgan fingerprint density at radius 1 is 1.05 bits per heavy atom. The summed E-state index contributed by atoms with van der Waals surface area (Å²) in [7, 11) is 3.24. The van der Waals surface area contributed by atoms with E-state index in [4.69, 9.17) is 26.9 Å². The number of hydrogen-bond acceptors (Lipinski definition) is 4. The van der Waals surface area contributed by atoms with Crippen LogP contribution in [0.4, 0.5) is 0 Å². The Morgan fingerprint density at radius 3 is 2.19 bits per heavy atom. The SMILES string of the molecule is COc1cc(OC)cc(C(NN)c2cc(Cl)ccc2C)c1. The number of benzene rings is 2. The number of nitrogens with one attached hydrogen (secondary N) is 1. The lowest BCUT2D eigenvalue weighted by Gasteiger charge is -2.20. The average molecular weight is 307 g/mol. The Hall–Kier alpha value is -1.75. The van der Waals surface area contributed by atoms with Crippen molar-refractivity contribution in [3.63, 3.8) is 0 Å².